The lowest BCUT2D eigenvalue weighted by atomic mass is 10.1. The first-order chi connectivity index (χ1) is 6.62. The third kappa shape index (κ3) is 2.25. The maximum atomic E-state index is 11.7. The molecule has 1 aliphatic heterocycles. The van der Waals surface area contributed by atoms with Gasteiger partial charge in [0.05, 0.1) is 0 Å². The van der Waals surface area contributed by atoms with Crippen LogP contribution >= 0.6 is 0 Å². The molecule has 6 heteroatoms. The lowest BCUT2D eigenvalue weighted by Gasteiger charge is -2.16. The van der Waals surface area contributed by atoms with Gasteiger partial charge in [0.1, 0.15) is 0 Å². The summed E-state index contributed by atoms with van der Waals surface area (Å²) in [6.45, 7) is 1.78. The van der Waals surface area contributed by atoms with E-state index in [1.54, 1.807) is 0 Å². The summed E-state index contributed by atoms with van der Waals surface area (Å²) in [5.74, 6) is 0.339. The van der Waals surface area contributed by atoms with Gasteiger partial charge in [-0.3, -0.25) is 0 Å². The zero-order valence-corrected chi connectivity index (χ0v) is 8.96. The SMILES string of the molecule is NCC1CCN(S(=O)(=O)NC2CC2)C1. The van der Waals surface area contributed by atoms with Crippen molar-refractivity contribution < 1.29 is 8.42 Å². The summed E-state index contributed by atoms with van der Waals surface area (Å²) in [6.07, 6.45) is 2.85. The van der Waals surface area contributed by atoms with Crippen molar-refractivity contribution >= 4 is 10.2 Å². The Kier molecular flexibility index (Phi) is 2.79. The van der Waals surface area contributed by atoms with Gasteiger partial charge in [0.2, 0.25) is 0 Å². The molecule has 2 fully saturated rings. The molecule has 1 saturated heterocycles. The Morgan fingerprint density at radius 1 is 1.36 bits per heavy atom. The van der Waals surface area contributed by atoms with E-state index in [1.807, 2.05) is 0 Å². The molecule has 0 aromatic rings. The Balaban J connectivity index is 1.93. The fourth-order valence-corrected chi connectivity index (χ4v) is 3.25. The highest BCUT2D eigenvalue weighted by atomic mass is 32.2. The highest BCUT2D eigenvalue weighted by molar-refractivity contribution is 7.87. The molecule has 1 heterocycles. The molecule has 1 unspecified atom stereocenters. The van der Waals surface area contributed by atoms with Crippen LogP contribution in [0.25, 0.3) is 0 Å². The van der Waals surface area contributed by atoms with E-state index in [2.05, 4.69) is 4.72 Å². The molecule has 0 amide bonds. The van der Waals surface area contributed by atoms with Gasteiger partial charge in [-0.25, -0.2) is 0 Å². The molecule has 1 atom stereocenters. The molecule has 82 valence electrons. The van der Waals surface area contributed by atoms with Gasteiger partial charge in [0.15, 0.2) is 0 Å². The van der Waals surface area contributed by atoms with Gasteiger partial charge in [0.25, 0.3) is 10.2 Å². The smallest absolute Gasteiger partial charge is 0.279 e. The molecule has 14 heavy (non-hydrogen) atoms. The monoisotopic (exact) mass is 219 g/mol. The summed E-state index contributed by atoms with van der Waals surface area (Å²) in [5, 5.41) is 0. The van der Waals surface area contributed by atoms with Crippen LogP contribution in [0, 0.1) is 5.92 Å². The number of hydrogen-bond donors (Lipinski definition) is 2. The van der Waals surface area contributed by atoms with Crippen molar-refractivity contribution in [1.82, 2.24) is 9.03 Å². The summed E-state index contributed by atoms with van der Waals surface area (Å²) in [5.41, 5.74) is 5.51. The van der Waals surface area contributed by atoms with Crippen LogP contribution in [-0.2, 0) is 10.2 Å². The van der Waals surface area contributed by atoms with E-state index in [-0.39, 0.29) is 6.04 Å². The lowest BCUT2D eigenvalue weighted by molar-refractivity contribution is 0.448. The van der Waals surface area contributed by atoms with E-state index in [4.69, 9.17) is 5.73 Å². The Morgan fingerprint density at radius 3 is 2.57 bits per heavy atom. The summed E-state index contributed by atoms with van der Waals surface area (Å²) >= 11 is 0. The molecule has 5 nitrogen and oxygen atoms in total. The van der Waals surface area contributed by atoms with E-state index in [9.17, 15) is 8.42 Å². The predicted molar refractivity (Wildman–Crippen MR) is 53.8 cm³/mol. The maximum absolute atomic E-state index is 11.7. The van der Waals surface area contributed by atoms with E-state index in [0.717, 1.165) is 19.3 Å². The molecule has 0 radical (unpaired) electrons. The fourth-order valence-electron chi connectivity index (χ4n) is 1.69. The van der Waals surface area contributed by atoms with E-state index >= 15 is 0 Å². The normalized spacial score (nSPS) is 29.6. The van der Waals surface area contributed by atoms with Gasteiger partial charge < -0.3 is 5.73 Å². The molecular weight excluding hydrogens is 202 g/mol. The van der Waals surface area contributed by atoms with Crippen molar-refractivity contribution in [3.05, 3.63) is 0 Å². The van der Waals surface area contributed by atoms with Gasteiger partial charge >= 0.3 is 0 Å². The molecular formula is C8H17N3O2S. The molecule has 0 aromatic heterocycles. The van der Waals surface area contributed by atoms with Crippen LogP contribution in [0.5, 0.6) is 0 Å². The van der Waals surface area contributed by atoms with Crippen LogP contribution in [0.4, 0.5) is 0 Å². The van der Waals surface area contributed by atoms with Crippen LogP contribution in [0.3, 0.4) is 0 Å². The number of nitrogens with one attached hydrogen (secondary N) is 1. The van der Waals surface area contributed by atoms with Gasteiger partial charge in [-0.05, 0) is 31.7 Å². The number of nitrogens with two attached hydrogens (primary N) is 1. The van der Waals surface area contributed by atoms with Crippen LogP contribution in [-0.4, -0.2) is 38.4 Å². The van der Waals surface area contributed by atoms with E-state index < -0.39 is 10.2 Å². The van der Waals surface area contributed by atoms with Crippen molar-refractivity contribution in [2.75, 3.05) is 19.6 Å². The topological polar surface area (TPSA) is 75.4 Å². The summed E-state index contributed by atoms with van der Waals surface area (Å²) < 4.78 is 27.6. The standard InChI is InChI=1S/C8H17N3O2S/c9-5-7-3-4-11(6-7)14(12,13)10-8-1-2-8/h7-8,10H,1-6,9H2. The van der Waals surface area contributed by atoms with Gasteiger partial charge in [-0.1, -0.05) is 0 Å². The highest BCUT2D eigenvalue weighted by Gasteiger charge is 2.34. The molecule has 1 saturated carbocycles. The average Bonchev–Trinajstić information content (AvgIpc) is 2.81. The quantitative estimate of drug-likeness (QED) is 0.654. The first kappa shape index (κ1) is 10.4. The van der Waals surface area contributed by atoms with Crippen LogP contribution in [0.15, 0.2) is 0 Å². The van der Waals surface area contributed by atoms with Gasteiger partial charge in [0, 0.05) is 19.1 Å². The molecule has 0 aromatic carbocycles. The maximum Gasteiger partial charge on any atom is 0.279 e. The predicted octanol–water partition coefficient (Wildman–Crippen LogP) is -0.736. The second-order valence-electron chi connectivity index (χ2n) is 4.15. The Morgan fingerprint density at radius 2 is 2.07 bits per heavy atom. The summed E-state index contributed by atoms with van der Waals surface area (Å²) in [4.78, 5) is 0. The third-order valence-electron chi connectivity index (χ3n) is 2.81. The van der Waals surface area contributed by atoms with Crippen LogP contribution in [0.1, 0.15) is 19.3 Å². The number of hydrogen-bond acceptors (Lipinski definition) is 3. The third-order valence-corrected chi connectivity index (χ3v) is 4.46. The zero-order valence-electron chi connectivity index (χ0n) is 8.15. The highest BCUT2D eigenvalue weighted by Crippen LogP contribution is 2.23. The minimum Gasteiger partial charge on any atom is -0.330 e. The second-order valence-corrected chi connectivity index (χ2v) is 5.85. The average molecular weight is 219 g/mol. The Hall–Kier alpha value is -0.170. The zero-order chi connectivity index (χ0) is 10.2. The molecule has 1 aliphatic carbocycles. The Labute approximate surface area is 84.8 Å². The lowest BCUT2D eigenvalue weighted by Crippen LogP contribution is -2.40. The van der Waals surface area contributed by atoms with Crippen molar-refractivity contribution in [1.29, 1.82) is 0 Å². The first-order valence-electron chi connectivity index (χ1n) is 5.09. The second kappa shape index (κ2) is 3.77. The largest absolute Gasteiger partial charge is 0.330 e. The summed E-state index contributed by atoms with van der Waals surface area (Å²) in [7, 11) is -3.21. The van der Waals surface area contributed by atoms with E-state index in [0.29, 0.717) is 25.6 Å². The number of rotatable bonds is 4. The van der Waals surface area contributed by atoms with Crippen molar-refractivity contribution in [3.63, 3.8) is 0 Å². The molecule has 3 N–H and O–H groups in total. The molecule has 2 rings (SSSR count). The van der Waals surface area contributed by atoms with Crippen molar-refractivity contribution in [2.24, 2.45) is 11.7 Å². The van der Waals surface area contributed by atoms with Crippen molar-refractivity contribution in [2.45, 2.75) is 25.3 Å². The molecule has 2 aliphatic rings. The fraction of sp³-hybridized carbons (Fsp3) is 1.00. The van der Waals surface area contributed by atoms with Gasteiger partial charge in [-0.15, -0.1) is 0 Å². The summed E-state index contributed by atoms with van der Waals surface area (Å²) in [6, 6.07) is 0.192. The van der Waals surface area contributed by atoms with Gasteiger partial charge in [-0.2, -0.15) is 17.4 Å². The minimum atomic E-state index is -3.21. The van der Waals surface area contributed by atoms with Crippen molar-refractivity contribution in [3.8, 4) is 0 Å². The molecule has 0 spiro atoms. The number of nitrogens with zero attached hydrogens (tertiary/aromatic N) is 1. The van der Waals surface area contributed by atoms with Crippen LogP contribution in [0.2, 0.25) is 0 Å². The molecule has 0 bridgehead atoms. The Bertz CT molecular complexity index is 300. The van der Waals surface area contributed by atoms with E-state index in [1.165, 1.54) is 4.31 Å². The minimum absolute atomic E-state index is 0.192. The van der Waals surface area contributed by atoms with Crippen LogP contribution < -0.4 is 10.5 Å². The first-order valence-corrected chi connectivity index (χ1v) is 6.53.